The third kappa shape index (κ3) is 2.22. The van der Waals surface area contributed by atoms with E-state index in [1.165, 1.54) is 0 Å². The van der Waals surface area contributed by atoms with Crippen molar-refractivity contribution in [3.8, 4) is 5.75 Å². The second kappa shape index (κ2) is 4.61. The first-order valence-corrected chi connectivity index (χ1v) is 5.57. The molecule has 0 saturated carbocycles. The fraction of sp³-hybridized carbons (Fsp3) is 0.500. The molecule has 1 aliphatic heterocycles. The van der Waals surface area contributed by atoms with Gasteiger partial charge in [0.1, 0.15) is 5.75 Å². The lowest BCUT2D eigenvalue weighted by atomic mass is 10.2. The zero-order valence-electron chi connectivity index (χ0n) is 9.94. The molecule has 0 aliphatic carbocycles. The first-order chi connectivity index (χ1) is 7.70. The molecule has 2 rings (SSSR count). The van der Waals surface area contributed by atoms with Crippen molar-refractivity contribution in [2.45, 2.75) is 0 Å². The molecular weight excluding hydrogens is 202 g/mol. The van der Waals surface area contributed by atoms with Gasteiger partial charge in [0.2, 0.25) is 0 Å². The Morgan fingerprint density at radius 3 is 2.50 bits per heavy atom. The van der Waals surface area contributed by atoms with Crippen LogP contribution in [0.2, 0.25) is 0 Å². The Bertz CT molecular complexity index is 359. The zero-order valence-corrected chi connectivity index (χ0v) is 9.94. The summed E-state index contributed by atoms with van der Waals surface area (Å²) in [5, 5.41) is 0. The van der Waals surface area contributed by atoms with E-state index in [9.17, 15) is 0 Å². The molecule has 1 aromatic rings. The Hall–Kier alpha value is -1.42. The summed E-state index contributed by atoms with van der Waals surface area (Å²) in [6, 6.07) is 5.85. The maximum absolute atomic E-state index is 5.75. The lowest BCUT2D eigenvalue weighted by molar-refractivity contribution is 0.311. The number of anilines is 2. The third-order valence-corrected chi connectivity index (χ3v) is 3.05. The van der Waals surface area contributed by atoms with Gasteiger partial charge >= 0.3 is 0 Å². The summed E-state index contributed by atoms with van der Waals surface area (Å²) < 4.78 is 5.37. The molecule has 0 spiro atoms. The molecule has 0 radical (unpaired) electrons. The molecule has 0 unspecified atom stereocenters. The Morgan fingerprint density at radius 2 is 1.88 bits per heavy atom. The number of likely N-dealkylation sites (N-methyl/N-ethyl adjacent to an activating group) is 1. The van der Waals surface area contributed by atoms with Crippen LogP contribution in [0.25, 0.3) is 0 Å². The smallest absolute Gasteiger partial charge is 0.144 e. The van der Waals surface area contributed by atoms with Gasteiger partial charge in [-0.25, -0.2) is 0 Å². The molecule has 1 aliphatic rings. The SMILES string of the molecule is COc1cc(N)ccc1N1CCN(C)CC1. The van der Waals surface area contributed by atoms with Crippen LogP contribution in [0.3, 0.4) is 0 Å². The van der Waals surface area contributed by atoms with Crippen LogP contribution in [-0.4, -0.2) is 45.2 Å². The number of nitrogen functional groups attached to an aromatic ring is 1. The van der Waals surface area contributed by atoms with E-state index >= 15 is 0 Å². The van der Waals surface area contributed by atoms with E-state index in [-0.39, 0.29) is 0 Å². The van der Waals surface area contributed by atoms with E-state index < -0.39 is 0 Å². The second-order valence-electron chi connectivity index (χ2n) is 4.22. The summed E-state index contributed by atoms with van der Waals surface area (Å²) in [6.45, 7) is 4.26. The predicted molar refractivity (Wildman–Crippen MR) is 67.1 cm³/mol. The molecule has 0 bridgehead atoms. The van der Waals surface area contributed by atoms with E-state index in [2.05, 4.69) is 16.8 Å². The maximum atomic E-state index is 5.75. The number of ether oxygens (including phenoxy) is 1. The number of hydrogen-bond acceptors (Lipinski definition) is 4. The minimum absolute atomic E-state index is 0.745. The molecular formula is C12H19N3O. The molecule has 0 amide bonds. The standard InChI is InChI=1S/C12H19N3O/c1-14-5-7-15(8-6-14)11-4-3-10(13)9-12(11)16-2/h3-4,9H,5-8,13H2,1-2H3. The van der Waals surface area contributed by atoms with Gasteiger partial charge in [0.05, 0.1) is 12.8 Å². The van der Waals surface area contributed by atoms with Crippen molar-refractivity contribution in [1.82, 2.24) is 4.90 Å². The van der Waals surface area contributed by atoms with Gasteiger partial charge in [-0.05, 0) is 19.2 Å². The number of methoxy groups -OCH3 is 1. The molecule has 16 heavy (non-hydrogen) atoms. The van der Waals surface area contributed by atoms with Crippen molar-refractivity contribution >= 4 is 11.4 Å². The van der Waals surface area contributed by atoms with Crippen LogP contribution < -0.4 is 15.4 Å². The molecule has 2 N–H and O–H groups in total. The summed E-state index contributed by atoms with van der Waals surface area (Å²) in [6.07, 6.45) is 0. The van der Waals surface area contributed by atoms with Gasteiger partial charge < -0.3 is 20.3 Å². The van der Waals surface area contributed by atoms with Crippen molar-refractivity contribution in [3.63, 3.8) is 0 Å². The largest absolute Gasteiger partial charge is 0.495 e. The summed E-state index contributed by atoms with van der Waals surface area (Å²) >= 11 is 0. The Morgan fingerprint density at radius 1 is 1.19 bits per heavy atom. The lowest BCUT2D eigenvalue weighted by Crippen LogP contribution is -2.44. The molecule has 88 valence electrons. The molecule has 4 heteroatoms. The van der Waals surface area contributed by atoms with Gasteiger partial charge in [-0.15, -0.1) is 0 Å². The Balaban J connectivity index is 2.19. The molecule has 1 aromatic carbocycles. The Labute approximate surface area is 96.6 Å². The van der Waals surface area contributed by atoms with E-state index in [1.54, 1.807) is 7.11 Å². The highest BCUT2D eigenvalue weighted by Gasteiger charge is 2.17. The topological polar surface area (TPSA) is 41.7 Å². The fourth-order valence-corrected chi connectivity index (χ4v) is 2.00. The van der Waals surface area contributed by atoms with Gasteiger partial charge in [0.25, 0.3) is 0 Å². The first kappa shape index (κ1) is 11.1. The van der Waals surface area contributed by atoms with E-state index in [0.29, 0.717) is 0 Å². The van der Waals surface area contributed by atoms with Crippen molar-refractivity contribution in [3.05, 3.63) is 18.2 Å². The normalized spacial score (nSPS) is 17.5. The number of nitrogens with zero attached hydrogens (tertiary/aromatic N) is 2. The van der Waals surface area contributed by atoms with E-state index in [0.717, 1.165) is 43.3 Å². The number of nitrogens with two attached hydrogens (primary N) is 1. The van der Waals surface area contributed by atoms with Gasteiger partial charge in [-0.2, -0.15) is 0 Å². The molecule has 1 saturated heterocycles. The van der Waals surface area contributed by atoms with E-state index in [1.807, 2.05) is 18.2 Å². The van der Waals surface area contributed by atoms with Crippen LogP contribution in [0, 0.1) is 0 Å². The highest BCUT2D eigenvalue weighted by molar-refractivity contribution is 5.64. The van der Waals surface area contributed by atoms with Crippen molar-refractivity contribution in [1.29, 1.82) is 0 Å². The first-order valence-electron chi connectivity index (χ1n) is 5.57. The monoisotopic (exact) mass is 221 g/mol. The van der Waals surface area contributed by atoms with Crippen LogP contribution in [-0.2, 0) is 0 Å². The molecule has 0 aromatic heterocycles. The van der Waals surface area contributed by atoms with Gasteiger partial charge in [-0.1, -0.05) is 0 Å². The molecule has 4 nitrogen and oxygen atoms in total. The minimum Gasteiger partial charge on any atom is -0.495 e. The molecule has 0 atom stereocenters. The van der Waals surface area contributed by atoms with Crippen LogP contribution in [0.15, 0.2) is 18.2 Å². The van der Waals surface area contributed by atoms with Crippen LogP contribution >= 0.6 is 0 Å². The number of hydrogen-bond donors (Lipinski definition) is 1. The van der Waals surface area contributed by atoms with E-state index in [4.69, 9.17) is 10.5 Å². The van der Waals surface area contributed by atoms with Crippen molar-refractivity contribution < 1.29 is 4.74 Å². The highest BCUT2D eigenvalue weighted by Crippen LogP contribution is 2.30. The van der Waals surface area contributed by atoms with Crippen molar-refractivity contribution in [2.75, 3.05) is 51.0 Å². The zero-order chi connectivity index (χ0) is 11.5. The third-order valence-electron chi connectivity index (χ3n) is 3.05. The van der Waals surface area contributed by atoms with Crippen LogP contribution in [0.4, 0.5) is 11.4 Å². The van der Waals surface area contributed by atoms with Gasteiger partial charge in [0.15, 0.2) is 0 Å². The summed E-state index contributed by atoms with van der Waals surface area (Å²) in [4.78, 5) is 4.68. The highest BCUT2D eigenvalue weighted by atomic mass is 16.5. The van der Waals surface area contributed by atoms with Crippen LogP contribution in [0.5, 0.6) is 5.75 Å². The number of rotatable bonds is 2. The van der Waals surface area contributed by atoms with Gasteiger partial charge in [0, 0.05) is 37.9 Å². The second-order valence-corrected chi connectivity index (χ2v) is 4.22. The molecule has 1 fully saturated rings. The Kier molecular flexibility index (Phi) is 3.19. The quantitative estimate of drug-likeness (QED) is 0.757. The fourth-order valence-electron chi connectivity index (χ4n) is 2.00. The van der Waals surface area contributed by atoms with Gasteiger partial charge in [-0.3, -0.25) is 0 Å². The summed E-state index contributed by atoms with van der Waals surface area (Å²) in [7, 11) is 3.84. The molecule has 1 heterocycles. The lowest BCUT2D eigenvalue weighted by Gasteiger charge is -2.34. The number of piperazine rings is 1. The summed E-state index contributed by atoms with van der Waals surface area (Å²) in [5.74, 6) is 0.865. The summed E-state index contributed by atoms with van der Waals surface area (Å²) in [5.41, 5.74) is 7.64. The van der Waals surface area contributed by atoms with Crippen molar-refractivity contribution in [2.24, 2.45) is 0 Å². The average molecular weight is 221 g/mol. The average Bonchev–Trinajstić information content (AvgIpc) is 2.30. The predicted octanol–water partition coefficient (Wildman–Crippen LogP) is 1.03. The minimum atomic E-state index is 0.745. The number of benzene rings is 1. The maximum Gasteiger partial charge on any atom is 0.144 e. The van der Waals surface area contributed by atoms with Crippen LogP contribution in [0.1, 0.15) is 0 Å².